The molecule has 1 amide bonds. The van der Waals surface area contributed by atoms with Crippen molar-refractivity contribution in [3.63, 3.8) is 0 Å². The van der Waals surface area contributed by atoms with E-state index >= 15 is 0 Å². The number of rotatable bonds is 6. The van der Waals surface area contributed by atoms with Crippen molar-refractivity contribution in [1.29, 1.82) is 0 Å². The van der Waals surface area contributed by atoms with E-state index in [2.05, 4.69) is 30.7 Å². The average Bonchev–Trinajstić information content (AvgIpc) is 3.21. The lowest BCUT2D eigenvalue weighted by molar-refractivity contribution is 0.0945. The molecular weight excluding hydrogens is 296 g/mol. The first-order valence-corrected chi connectivity index (χ1v) is 7.09. The first-order valence-electron chi connectivity index (χ1n) is 7.09. The SMILES string of the molecule is Cc1nc(CNC(=O)c2cc(COc3ccccc3)[nH]n2)n[nH]1. The van der Waals surface area contributed by atoms with Gasteiger partial charge in [0, 0.05) is 0 Å². The quantitative estimate of drug-likeness (QED) is 0.636. The van der Waals surface area contributed by atoms with Crippen LogP contribution in [0.2, 0.25) is 0 Å². The Hall–Kier alpha value is -3.16. The number of carbonyl (C=O) groups excluding carboxylic acids is 1. The van der Waals surface area contributed by atoms with Crippen LogP contribution >= 0.6 is 0 Å². The molecular formula is C15H16N6O2. The topological polar surface area (TPSA) is 109 Å². The molecule has 0 radical (unpaired) electrons. The van der Waals surface area contributed by atoms with Gasteiger partial charge in [0.1, 0.15) is 23.9 Å². The maximum absolute atomic E-state index is 12.0. The molecule has 0 atom stereocenters. The minimum absolute atomic E-state index is 0.242. The van der Waals surface area contributed by atoms with E-state index < -0.39 is 0 Å². The minimum Gasteiger partial charge on any atom is -0.487 e. The van der Waals surface area contributed by atoms with Crippen LogP contribution in [0.15, 0.2) is 36.4 Å². The summed E-state index contributed by atoms with van der Waals surface area (Å²) in [5.74, 6) is 1.69. The van der Waals surface area contributed by atoms with Gasteiger partial charge in [0.05, 0.1) is 12.2 Å². The first-order chi connectivity index (χ1) is 11.2. The smallest absolute Gasteiger partial charge is 0.272 e. The number of amides is 1. The van der Waals surface area contributed by atoms with Crippen molar-refractivity contribution in [3.8, 4) is 5.75 Å². The highest BCUT2D eigenvalue weighted by atomic mass is 16.5. The molecule has 3 N–H and O–H groups in total. The van der Waals surface area contributed by atoms with E-state index in [9.17, 15) is 4.79 Å². The normalized spacial score (nSPS) is 10.5. The number of ether oxygens (including phenoxy) is 1. The molecule has 0 fully saturated rings. The van der Waals surface area contributed by atoms with Crippen molar-refractivity contribution < 1.29 is 9.53 Å². The molecule has 8 nitrogen and oxygen atoms in total. The van der Waals surface area contributed by atoms with Crippen LogP contribution in [-0.4, -0.2) is 31.3 Å². The number of hydrogen-bond donors (Lipinski definition) is 3. The Morgan fingerprint density at radius 2 is 2.04 bits per heavy atom. The van der Waals surface area contributed by atoms with Crippen molar-refractivity contribution in [2.45, 2.75) is 20.1 Å². The fraction of sp³-hybridized carbons (Fsp3) is 0.200. The molecule has 3 rings (SSSR count). The third-order valence-electron chi connectivity index (χ3n) is 3.05. The predicted octanol–water partition coefficient (Wildman–Crippen LogP) is 1.35. The Balaban J connectivity index is 1.52. The number of aromatic amines is 2. The summed E-state index contributed by atoms with van der Waals surface area (Å²) in [5.41, 5.74) is 1.01. The lowest BCUT2D eigenvalue weighted by Gasteiger charge is -2.02. The summed E-state index contributed by atoms with van der Waals surface area (Å²) < 4.78 is 5.59. The number of nitrogens with zero attached hydrogens (tertiary/aromatic N) is 3. The highest BCUT2D eigenvalue weighted by molar-refractivity contribution is 5.92. The summed E-state index contributed by atoms with van der Waals surface area (Å²) in [6.45, 7) is 2.35. The second kappa shape index (κ2) is 6.73. The molecule has 0 bridgehead atoms. The van der Waals surface area contributed by atoms with E-state index in [1.807, 2.05) is 30.3 Å². The molecule has 8 heteroatoms. The van der Waals surface area contributed by atoms with Crippen LogP contribution in [0.5, 0.6) is 5.75 Å². The second-order valence-corrected chi connectivity index (χ2v) is 4.90. The molecule has 2 heterocycles. The van der Waals surface area contributed by atoms with E-state index in [0.717, 1.165) is 5.75 Å². The Kier molecular flexibility index (Phi) is 4.32. The standard InChI is InChI=1S/C15H16N6O2/c1-10-17-14(21-18-10)8-16-15(22)13-7-11(19-20-13)9-23-12-5-3-2-4-6-12/h2-7H,8-9H2,1H3,(H,16,22)(H,19,20)(H,17,18,21). The molecule has 0 spiro atoms. The first kappa shape index (κ1) is 14.8. The number of benzene rings is 1. The monoisotopic (exact) mass is 312 g/mol. The summed E-state index contributed by atoms with van der Waals surface area (Å²) in [4.78, 5) is 16.1. The second-order valence-electron chi connectivity index (χ2n) is 4.90. The Bertz CT molecular complexity index is 780. The molecule has 1 aromatic carbocycles. The van der Waals surface area contributed by atoms with Gasteiger partial charge in [0.2, 0.25) is 0 Å². The maximum Gasteiger partial charge on any atom is 0.272 e. The van der Waals surface area contributed by atoms with Crippen LogP contribution in [-0.2, 0) is 13.2 Å². The average molecular weight is 312 g/mol. The maximum atomic E-state index is 12.0. The largest absolute Gasteiger partial charge is 0.487 e. The Labute approximate surface area is 132 Å². The van der Waals surface area contributed by atoms with Crippen molar-refractivity contribution in [1.82, 2.24) is 30.7 Å². The molecule has 3 aromatic rings. The van der Waals surface area contributed by atoms with Gasteiger partial charge in [-0.2, -0.15) is 10.2 Å². The zero-order valence-electron chi connectivity index (χ0n) is 12.5. The fourth-order valence-corrected chi connectivity index (χ4v) is 1.95. The molecule has 0 unspecified atom stereocenters. The van der Waals surface area contributed by atoms with Gasteiger partial charge in [-0.05, 0) is 25.1 Å². The molecule has 118 valence electrons. The van der Waals surface area contributed by atoms with Gasteiger partial charge in [0.15, 0.2) is 5.82 Å². The van der Waals surface area contributed by atoms with E-state index in [0.29, 0.717) is 29.6 Å². The van der Waals surface area contributed by atoms with Crippen LogP contribution in [0.25, 0.3) is 0 Å². The fourth-order valence-electron chi connectivity index (χ4n) is 1.95. The van der Waals surface area contributed by atoms with Crippen molar-refractivity contribution >= 4 is 5.91 Å². The molecule has 2 aromatic heterocycles. The van der Waals surface area contributed by atoms with Crippen LogP contribution < -0.4 is 10.1 Å². The summed E-state index contributed by atoms with van der Waals surface area (Å²) in [6, 6.07) is 11.1. The molecule has 0 saturated carbocycles. The van der Waals surface area contributed by atoms with Crippen LogP contribution in [0.1, 0.15) is 27.8 Å². The summed E-state index contributed by atoms with van der Waals surface area (Å²) in [7, 11) is 0. The van der Waals surface area contributed by atoms with Gasteiger partial charge in [-0.3, -0.25) is 15.0 Å². The number of aryl methyl sites for hydroxylation is 1. The zero-order chi connectivity index (χ0) is 16.1. The minimum atomic E-state index is -0.297. The number of H-pyrrole nitrogens is 2. The van der Waals surface area contributed by atoms with Crippen LogP contribution in [0.3, 0.4) is 0 Å². The molecule has 0 aliphatic carbocycles. The highest BCUT2D eigenvalue weighted by Gasteiger charge is 2.11. The molecule has 0 saturated heterocycles. The van der Waals surface area contributed by atoms with Gasteiger partial charge in [-0.15, -0.1) is 0 Å². The van der Waals surface area contributed by atoms with Crippen LogP contribution in [0, 0.1) is 6.92 Å². The predicted molar refractivity (Wildman–Crippen MR) is 81.7 cm³/mol. The van der Waals surface area contributed by atoms with E-state index in [-0.39, 0.29) is 12.5 Å². The number of para-hydroxylation sites is 1. The van der Waals surface area contributed by atoms with Crippen molar-refractivity contribution in [2.75, 3.05) is 0 Å². The van der Waals surface area contributed by atoms with Gasteiger partial charge in [-0.1, -0.05) is 18.2 Å². The van der Waals surface area contributed by atoms with Crippen molar-refractivity contribution in [3.05, 3.63) is 59.4 Å². The summed E-state index contributed by atoms with van der Waals surface area (Å²) in [6.07, 6.45) is 0. The zero-order valence-corrected chi connectivity index (χ0v) is 12.5. The van der Waals surface area contributed by atoms with Crippen LogP contribution in [0.4, 0.5) is 0 Å². The van der Waals surface area contributed by atoms with E-state index in [1.165, 1.54) is 0 Å². The lowest BCUT2D eigenvalue weighted by Crippen LogP contribution is -2.23. The molecule has 0 aliphatic heterocycles. The Morgan fingerprint density at radius 1 is 1.22 bits per heavy atom. The summed E-state index contributed by atoms with van der Waals surface area (Å²) in [5, 5.41) is 16.1. The Morgan fingerprint density at radius 3 is 2.78 bits per heavy atom. The third-order valence-corrected chi connectivity index (χ3v) is 3.05. The number of nitrogens with one attached hydrogen (secondary N) is 3. The molecule has 23 heavy (non-hydrogen) atoms. The van der Waals surface area contributed by atoms with Gasteiger partial charge >= 0.3 is 0 Å². The highest BCUT2D eigenvalue weighted by Crippen LogP contribution is 2.11. The lowest BCUT2D eigenvalue weighted by atomic mass is 10.3. The van der Waals surface area contributed by atoms with Crippen molar-refractivity contribution in [2.24, 2.45) is 0 Å². The number of hydrogen-bond acceptors (Lipinski definition) is 5. The van der Waals surface area contributed by atoms with Gasteiger partial charge in [0.25, 0.3) is 5.91 Å². The van der Waals surface area contributed by atoms with E-state index in [4.69, 9.17) is 4.74 Å². The summed E-state index contributed by atoms with van der Waals surface area (Å²) >= 11 is 0. The number of carbonyl (C=O) groups is 1. The van der Waals surface area contributed by atoms with E-state index in [1.54, 1.807) is 13.0 Å². The molecule has 0 aliphatic rings. The number of aromatic nitrogens is 5. The van der Waals surface area contributed by atoms with Gasteiger partial charge < -0.3 is 10.1 Å². The van der Waals surface area contributed by atoms with Gasteiger partial charge in [-0.25, -0.2) is 4.98 Å². The third kappa shape index (κ3) is 3.94.